The topological polar surface area (TPSA) is 89.7 Å². The number of piperidine rings is 1. The molecule has 1 fully saturated rings. The Bertz CT molecular complexity index is 1410. The molecule has 0 aliphatic carbocycles. The van der Waals surface area contributed by atoms with Gasteiger partial charge < -0.3 is 19.2 Å². The normalized spacial score (nSPS) is 14.7. The lowest BCUT2D eigenvalue weighted by Crippen LogP contribution is -2.35. The van der Waals surface area contributed by atoms with E-state index in [4.69, 9.17) is 9.72 Å². The first-order valence-electron chi connectivity index (χ1n) is 11.5. The first kappa shape index (κ1) is 20.5. The summed E-state index contributed by atoms with van der Waals surface area (Å²) in [6.45, 7) is 3.82. The molecular formula is C25H26N8O. The number of H-pyrrole nitrogens is 1. The highest BCUT2D eigenvalue weighted by Gasteiger charge is 2.24. The van der Waals surface area contributed by atoms with Crippen LogP contribution in [0.1, 0.15) is 24.6 Å². The fraction of sp³-hybridized carbons (Fsp3) is 0.280. The Labute approximate surface area is 197 Å². The van der Waals surface area contributed by atoms with Crippen molar-refractivity contribution < 1.29 is 4.74 Å². The van der Waals surface area contributed by atoms with E-state index in [1.807, 2.05) is 65.0 Å². The number of aromatic amines is 1. The molecule has 0 spiro atoms. The van der Waals surface area contributed by atoms with E-state index in [2.05, 4.69) is 31.2 Å². The van der Waals surface area contributed by atoms with Crippen LogP contribution < -0.4 is 9.64 Å². The van der Waals surface area contributed by atoms with E-state index < -0.39 is 0 Å². The molecule has 6 rings (SSSR count). The highest BCUT2D eigenvalue weighted by atomic mass is 16.5. The smallest absolute Gasteiger partial charge is 0.203 e. The van der Waals surface area contributed by atoms with Gasteiger partial charge in [-0.2, -0.15) is 0 Å². The van der Waals surface area contributed by atoms with E-state index in [1.165, 1.54) is 0 Å². The lowest BCUT2D eigenvalue weighted by atomic mass is 10.1. The number of methoxy groups -OCH3 is 1. The summed E-state index contributed by atoms with van der Waals surface area (Å²) >= 11 is 0. The SMILES string of the molecule is COc1cc(-c2cn(C3CCN(c4nc5ccccc5[nH]4)CC3)nn2)ccc1-n1cnc(C)c1. The number of hydrogen-bond donors (Lipinski definition) is 1. The number of hydrogen-bond acceptors (Lipinski definition) is 6. The van der Waals surface area contributed by atoms with Crippen molar-refractivity contribution in [3.63, 3.8) is 0 Å². The molecule has 4 heterocycles. The van der Waals surface area contributed by atoms with E-state index in [9.17, 15) is 0 Å². The first-order valence-corrected chi connectivity index (χ1v) is 11.5. The average molecular weight is 455 g/mol. The molecule has 0 amide bonds. The van der Waals surface area contributed by atoms with Gasteiger partial charge in [0.2, 0.25) is 5.95 Å². The molecule has 1 aliphatic rings. The van der Waals surface area contributed by atoms with Gasteiger partial charge in [0.25, 0.3) is 0 Å². The predicted octanol–water partition coefficient (Wildman–Crippen LogP) is 4.17. The molecule has 0 bridgehead atoms. The van der Waals surface area contributed by atoms with Crippen LogP contribution >= 0.6 is 0 Å². The van der Waals surface area contributed by atoms with Crippen LogP contribution in [0.3, 0.4) is 0 Å². The summed E-state index contributed by atoms with van der Waals surface area (Å²) in [5, 5.41) is 8.91. The number of rotatable bonds is 5. The summed E-state index contributed by atoms with van der Waals surface area (Å²) in [4.78, 5) is 14.8. The summed E-state index contributed by atoms with van der Waals surface area (Å²) in [6, 6.07) is 14.5. The van der Waals surface area contributed by atoms with Crippen LogP contribution in [-0.4, -0.2) is 54.7 Å². The summed E-state index contributed by atoms with van der Waals surface area (Å²) < 4.78 is 9.62. The second-order valence-electron chi connectivity index (χ2n) is 8.69. The maximum atomic E-state index is 5.65. The van der Waals surface area contributed by atoms with Gasteiger partial charge in [-0.15, -0.1) is 5.10 Å². The molecule has 9 nitrogen and oxygen atoms in total. The lowest BCUT2D eigenvalue weighted by molar-refractivity contribution is 0.358. The van der Waals surface area contributed by atoms with Crippen molar-refractivity contribution in [2.24, 2.45) is 0 Å². The van der Waals surface area contributed by atoms with Crippen molar-refractivity contribution in [2.45, 2.75) is 25.8 Å². The van der Waals surface area contributed by atoms with E-state index in [-0.39, 0.29) is 0 Å². The van der Waals surface area contributed by atoms with Gasteiger partial charge >= 0.3 is 0 Å². The number of benzene rings is 2. The fourth-order valence-electron chi connectivity index (χ4n) is 4.62. The lowest BCUT2D eigenvalue weighted by Gasteiger charge is -2.31. The second-order valence-corrected chi connectivity index (χ2v) is 8.69. The molecular weight excluding hydrogens is 428 g/mol. The van der Waals surface area contributed by atoms with Gasteiger partial charge in [0.1, 0.15) is 11.4 Å². The highest BCUT2D eigenvalue weighted by Crippen LogP contribution is 2.31. The predicted molar refractivity (Wildman–Crippen MR) is 130 cm³/mol. The van der Waals surface area contributed by atoms with Crippen LogP contribution in [0.15, 0.2) is 61.2 Å². The molecule has 34 heavy (non-hydrogen) atoms. The van der Waals surface area contributed by atoms with Gasteiger partial charge in [-0.3, -0.25) is 0 Å². The molecule has 1 saturated heterocycles. The highest BCUT2D eigenvalue weighted by molar-refractivity contribution is 5.77. The molecule has 0 saturated carbocycles. The van der Waals surface area contributed by atoms with Gasteiger partial charge in [0.05, 0.1) is 48.1 Å². The third kappa shape index (κ3) is 3.68. The zero-order chi connectivity index (χ0) is 23.1. The average Bonchev–Trinajstić information content (AvgIpc) is 3.63. The van der Waals surface area contributed by atoms with Crippen LogP contribution in [0.2, 0.25) is 0 Å². The zero-order valence-corrected chi connectivity index (χ0v) is 19.2. The quantitative estimate of drug-likeness (QED) is 0.429. The molecule has 1 N–H and O–H groups in total. The number of imidazole rings is 2. The molecule has 0 unspecified atom stereocenters. The summed E-state index contributed by atoms with van der Waals surface area (Å²) in [5.74, 6) is 1.71. The van der Waals surface area contributed by atoms with Crippen LogP contribution in [-0.2, 0) is 0 Å². The van der Waals surface area contributed by atoms with E-state index in [0.717, 1.165) is 71.3 Å². The first-order chi connectivity index (χ1) is 16.7. The van der Waals surface area contributed by atoms with Crippen molar-refractivity contribution in [1.82, 2.24) is 34.5 Å². The number of aryl methyl sites for hydroxylation is 1. The molecule has 0 atom stereocenters. The Kier molecular flexibility index (Phi) is 5.01. The van der Waals surface area contributed by atoms with Gasteiger partial charge in [0, 0.05) is 24.8 Å². The molecule has 0 radical (unpaired) electrons. The third-order valence-corrected chi connectivity index (χ3v) is 6.49. The minimum Gasteiger partial charge on any atom is -0.495 e. The Morgan fingerprint density at radius 2 is 1.91 bits per heavy atom. The van der Waals surface area contributed by atoms with Crippen molar-refractivity contribution in [3.8, 4) is 22.7 Å². The van der Waals surface area contributed by atoms with Crippen LogP contribution in [0.4, 0.5) is 5.95 Å². The molecule has 9 heteroatoms. The van der Waals surface area contributed by atoms with Gasteiger partial charge in [-0.05, 0) is 44.0 Å². The Morgan fingerprint density at radius 1 is 1.06 bits per heavy atom. The third-order valence-electron chi connectivity index (χ3n) is 6.49. The van der Waals surface area contributed by atoms with E-state index in [1.54, 1.807) is 13.4 Å². The monoisotopic (exact) mass is 454 g/mol. The van der Waals surface area contributed by atoms with Crippen molar-refractivity contribution in [2.75, 3.05) is 25.1 Å². The molecule has 172 valence electrons. The maximum Gasteiger partial charge on any atom is 0.203 e. The van der Waals surface area contributed by atoms with Crippen molar-refractivity contribution in [1.29, 1.82) is 0 Å². The van der Waals surface area contributed by atoms with Gasteiger partial charge in [-0.1, -0.05) is 23.4 Å². The second kappa shape index (κ2) is 8.33. The summed E-state index contributed by atoms with van der Waals surface area (Å²) in [6.07, 6.45) is 7.79. The number of anilines is 1. The maximum absolute atomic E-state index is 5.65. The van der Waals surface area contributed by atoms with Gasteiger partial charge in [-0.25, -0.2) is 14.6 Å². The number of fused-ring (bicyclic) bond motifs is 1. The van der Waals surface area contributed by atoms with Crippen LogP contribution in [0.25, 0.3) is 28.0 Å². The Hall–Kier alpha value is -4.14. The Balaban J connectivity index is 1.17. The van der Waals surface area contributed by atoms with E-state index >= 15 is 0 Å². The molecule has 5 aromatic rings. The largest absolute Gasteiger partial charge is 0.495 e. The van der Waals surface area contributed by atoms with Crippen molar-refractivity contribution >= 4 is 17.0 Å². The minimum atomic E-state index is 0.317. The molecule has 1 aliphatic heterocycles. The Morgan fingerprint density at radius 3 is 2.68 bits per heavy atom. The standard InChI is InChI=1S/C25H26N8O/c1-17-14-32(16-26-17)23-8-7-18(13-24(23)34-2)22-15-33(30-29-22)19-9-11-31(12-10-19)25-27-20-5-3-4-6-21(20)28-25/h3-8,13-16,19H,9-12H2,1-2H3,(H,27,28). The van der Waals surface area contributed by atoms with E-state index in [0.29, 0.717) is 6.04 Å². The van der Waals surface area contributed by atoms with Crippen LogP contribution in [0.5, 0.6) is 5.75 Å². The van der Waals surface area contributed by atoms with Crippen LogP contribution in [0, 0.1) is 6.92 Å². The molecule has 2 aromatic carbocycles. The number of para-hydroxylation sites is 2. The minimum absolute atomic E-state index is 0.317. The zero-order valence-electron chi connectivity index (χ0n) is 19.2. The molecule has 3 aromatic heterocycles. The number of ether oxygens (including phenoxy) is 1. The van der Waals surface area contributed by atoms with Crippen molar-refractivity contribution in [3.05, 3.63) is 66.9 Å². The summed E-state index contributed by atoms with van der Waals surface area (Å²) in [7, 11) is 1.68. The summed E-state index contributed by atoms with van der Waals surface area (Å²) in [5.41, 5.74) is 5.79. The fourth-order valence-corrected chi connectivity index (χ4v) is 4.62. The number of nitrogens with one attached hydrogen (secondary N) is 1. The van der Waals surface area contributed by atoms with Gasteiger partial charge in [0.15, 0.2) is 0 Å². The number of nitrogens with zero attached hydrogens (tertiary/aromatic N) is 7. The number of aromatic nitrogens is 7.